The summed E-state index contributed by atoms with van der Waals surface area (Å²) in [6, 6.07) is 10.5. The Morgan fingerprint density at radius 1 is 1.06 bits per heavy atom. The lowest BCUT2D eigenvalue weighted by molar-refractivity contribution is -0.142. The van der Waals surface area contributed by atoms with Crippen LogP contribution in [0, 0.1) is 20.8 Å². The van der Waals surface area contributed by atoms with Crippen LogP contribution in [-0.4, -0.2) is 38.2 Å². The van der Waals surface area contributed by atoms with Crippen molar-refractivity contribution in [3.8, 4) is 17.2 Å². The lowest BCUT2D eigenvalue weighted by Gasteiger charge is -2.06. The van der Waals surface area contributed by atoms with Gasteiger partial charge >= 0.3 is 5.97 Å². The number of benzene rings is 1. The number of rotatable bonds is 8. The maximum atomic E-state index is 12.6. The lowest BCUT2D eigenvalue weighted by Crippen LogP contribution is -2.15. The Bertz CT molecular complexity index is 1300. The third-order valence-electron chi connectivity index (χ3n) is 5.05. The van der Waals surface area contributed by atoms with Crippen molar-refractivity contribution >= 4 is 23.4 Å². The summed E-state index contributed by atoms with van der Waals surface area (Å²) in [6.07, 6.45) is 0.209. The van der Waals surface area contributed by atoms with Crippen LogP contribution in [0.25, 0.3) is 17.2 Å². The number of Topliss-reactive ketones (excluding diaryl/α,β-unsaturated/α-hetero) is 1. The maximum Gasteiger partial charge on any atom is 0.306 e. The lowest BCUT2D eigenvalue weighted by atomic mass is 10.1. The molecule has 0 atom stereocenters. The Hall–Kier alpha value is -3.72. The zero-order chi connectivity index (χ0) is 23.5. The van der Waals surface area contributed by atoms with Crippen molar-refractivity contribution in [2.45, 2.75) is 33.6 Å². The first-order valence-corrected chi connectivity index (χ1v) is 10.6. The summed E-state index contributed by atoms with van der Waals surface area (Å²) < 4.78 is 17.3. The number of nitrogens with zero attached hydrogens (tertiary/aromatic N) is 4. The Morgan fingerprint density at radius 2 is 1.82 bits per heavy atom. The van der Waals surface area contributed by atoms with Gasteiger partial charge in [-0.3, -0.25) is 14.2 Å². The van der Waals surface area contributed by atoms with E-state index in [-0.39, 0.29) is 25.2 Å². The zero-order valence-electron chi connectivity index (χ0n) is 18.3. The fraction of sp³-hybridized carbons (Fsp3) is 0.261. The molecular weight excluding hydrogens is 448 g/mol. The van der Waals surface area contributed by atoms with Crippen LogP contribution < -0.4 is 0 Å². The van der Waals surface area contributed by atoms with Gasteiger partial charge in [0, 0.05) is 40.0 Å². The molecule has 0 spiro atoms. The monoisotopic (exact) mass is 468 g/mol. The fourth-order valence-corrected chi connectivity index (χ4v) is 3.56. The predicted octanol–water partition coefficient (Wildman–Crippen LogP) is 4.45. The van der Waals surface area contributed by atoms with Crippen molar-refractivity contribution in [3.63, 3.8) is 0 Å². The third kappa shape index (κ3) is 5.04. The predicted molar refractivity (Wildman–Crippen MR) is 118 cm³/mol. The minimum Gasteiger partial charge on any atom is -0.457 e. The van der Waals surface area contributed by atoms with Gasteiger partial charge in [-0.15, -0.1) is 0 Å². The van der Waals surface area contributed by atoms with E-state index in [0.717, 1.165) is 11.3 Å². The zero-order valence-corrected chi connectivity index (χ0v) is 19.0. The molecule has 10 heteroatoms. The summed E-state index contributed by atoms with van der Waals surface area (Å²) in [5, 5.41) is 8.51. The molecule has 1 aromatic carbocycles. The van der Waals surface area contributed by atoms with Crippen LogP contribution in [0.1, 0.15) is 39.8 Å². The second kappa shape index (κ2) is 9.41. The number of carbonyl (C=O) groups is 2. The number of hydrogen-bond donors (Lipinski definition) is 0. The van der Waals surface area contributed by atoms with Crippen molar-refractivity contribution in [3.05, 3.63) is 70.0 Å². The van der Waals surface area contributed by atoms with E-state index in [1.807, 2.05) is 11.5 Å². The smallest absolute Gasteiger partial charge is 0.306 e. The summed E-state index contributed by atoms with van der Waals surface area (Å²) in [5.41, 5.74) is 2.73. The highest BCUT2D eigenvalue weighted by Crippen LogP contribution is 2.22. The van der Waals surface area contributed by atoms with Gasteiger partial charge in [0.05, 0.1) is 6.42 Å². The quantitative estimate of drug-likeness (QED) is 0.275. The van der Waals surface area contributed by atoms with Crippen molar-refractivity contribution in [2.75, 3.05) is 6.61 Å². The van der Waals surface area contributed by atoms with Crippen molar-refractivity contribution in [1.29, 1.82) is 0 Å². The molecule has 0 N–H and O–H groups in total. The van der Waals surface area contributed by atoms with E-state index >= 15 is 0 Å². The van der Waals surface area contributed by atoms with E-state index in [0.29, 0.717) is 39.6 Å². The molecule has 0 saturated carbocycles. The van der Waals surface area contributed by atoms with Gasteiger partial charge < -0.3 is 13.8 Å². The highest BCUT2D eigenvalue weighted by molar-refractivity contribution is 6.30. The molecule has 3 aromatic heterocycles. The van der Waals surface area contributed by atoms with Crippen LogP contribution in [0.5, 0.6) is 0 Å². The molecule has 9 nitrogen and oxygen atoms in total. The number of hydrogen-bond acceptors (Lipinski definition) is 8. The summed E-state index contributed by atoms with van der Waals surface area (Å²) in [7, 11) is 0. The van der Waals surface area contributed by atoms with Gasteiger partial charge in [0.2, 0.25) is 17.5 Å². The largest absolute Gasteiger partial charge is 0.457 e. The molecule has 0 radical (unpaired) electrons. The van der Waals surface area contributed by atoms with Crippen LogP contribution in [0.4, 0.5) is 0 Å². The minimum absolute atomic E-state index is 0.00672. The molecule has 4 aromatic rings. The first-order valence-electron chi connectivity index (χ1n) is 10.2. The number of aryl methyl sites for hydroxylation is 3. The maximum absolute atomic E-state index is 12.6. The van der Waals surface area contributed by atoms with Gasteiger partial charge in [-0.25, -0.2) is 0 Å². The Morgan fingerprint density at radius 3 is 2.52 bits per heavy atom. The molecule has 0 fully saturated rings. The minimum atomic E-state index is -0.532. The number of ether oxygens (including phenoxy) is 1. The van der Waals surface area contributed by atoms with Crippen LogP contribution >= 0.6 is 11.6 Å². The van der Waals surface area contributed by atoms with E-state index in [4.69, 9.17) is 25.4 Å². The fourth-order valence-electron chi connectivity index (χ4n) is 3.43. The molecule has 0 saturated heterocycles. The van der Waals surface area contributed by atoms with E-state index in [1.54, 1.807) is 50.2 Å². The Balaban J connectivity index is 1.31. The molecule has 0 aliphatic heterocycles. The highest BCUT2D eigenvalue weighted by Gasteiger charge is 2.20. The number of aromatic nitrogens is 4. The topological polar surface area (TPSA) is 113 Å². The van der Waals surface area contributed by atoms with Gasteiger partial charge in [-0.1, -0.05) is 21.9 Å². The average molecular weight is 469 g/mol. The first kappa shape index (κ1) is 22.5. The Kier molecular flexibility index (Phi) is 6.41. The second-order valence-electron chi connectivity index (χ2n) is 7.52. The molecule has 0 aliphatic rings. The molecule has 0 bridgehead atoms. The Labute approximate surface area is 194 Å². The summed E-state index contributed by atoms with van der Waals surface area (Å²) in [4.78, 5) is 29.1. The van der Waals surface area contributed by atoms with Crippen LogP contribution in [0.2, 0.25) is 5.02 Å². The van der Waals surface area contributed by atoms with Gasteiger partial charge in [0.1, 0.15) is 5.76 Å². The number of carbonyl (C=O) groups excluding carboxylic acids is 2. The van der Waals surface area contributed by atoms with Crippen molar-refractivity contribution < 1.29 is 23.4 Å². The van der Waals surface area contributed by atoms with Crippen LogP contribution in [0.15, 0.2) is 45.4 Å². The van der Waals surface area contributed by atoms with Gasteiger partial charge in [0.15, 0.2) is 12.4 Å². The van der Waals surface area contributed by atoms with Gasteiger partial charge in [-0.05, 0) is 51.1 Å². The number of esters is 1. The number of ketones is 1. The molecule has 4 rings (SSSR count). The van der Waals surface area contributed by atoms with Gasteiger partial charge in [0.25, 0.3) is 0 Å². The summed E-state index contributed by atoms with van der Waals surface area (Å²) in [6.45, 7) is 5.10. The second-order valence-corrected chi connectivity index (χ2v) is 7.95. The van der Waals surface area contributed by atoms with E-state index in [2.05, 4.69) is 15.3 Å². The standard InChI is InChI=1S/C23H21ClN4O5/c1-13-10-18(15(3)28(13)20-11-14(2)32-26-20)19(29)12-31-22(30)9-8-21-25-23(27-33-21)16-4-6-17(24)7-5-16/h4-7,10-11H,8-9,12H2,1-3H3. The third-order valence-corrected chi connectivity index (χ3v) is 5.31. The molecule has 0 unspecified atom stereocenters. The number of halogens is 1. The summed E-state index contributed by atoms with van der Waals surface area (Å²) >= 11 is 5.88. The molecule has 33 heavy (non-hydrogen) atoms. The molecular formula is C23H21ClN4O5. The average Bonchev–Trinajstić information content (AvgIpc) is 3.50. The van der Waals surface area contributed by atoms with E-state index in [1.165, 1.54) is 0 Å². The molecule has 3 heterocycles. The van der Waals surface area contributed by atoms with Crippen LogP contribution in [0.3, 0.4) is 0 Å². The van der Waals surface area contributed by atoms with E-state index in [9.17, 15) is 9.59 Å². The normalized spacial score (nSPS) is 11.0. The molecule has 170 valence electrons. The van der Waals surface area contributed by atoms with Crippen molar-refractivity contribution in [2.24, 2.45) is 0 Å². The molecule has 0 amide bonds. The summed E-state index contributed by atoms with van der Waals surface area (Å²) in [5.74, 6) is 1.13. The van der Waals surface area contributed by atoms with Gasteiger partial charge in [-0.2, -0.15) is 4.98 Å². The molecule has 0 aliphatic carbocycles. The van der Waals surface area contributed by atoms with Crippen LogP contribution in [-0.2, 0) is 16.0 Å². The first-order chi connectivity index (χ1) is 15.8. The van der Waals surface area contributed by atoms with E-state index < -0.39 is 5.97 Å². The van der Waals surface area contributed by atoms with Crippen molar-refractivity contribution in [1.82, 2.24) is 19.9 Å². The SMILES string of the molecule is Cc1cc(-n2c(C)cc(C(=O)COC(=O)CCc3nc(-c4ccc(Cl)cc4)no3)c2C)no1. The highest BCUT2D eigenvalue weighted by atomic mass is 35.5.